The zero-order valence-corrected chi connectivity index (χ0v) is 13.6. The van der Waals surface area contributed by atoms with Crippen LogP contribution >= 0.6 is 11.3 Å². The first kappa shape index (κ1) is 15.9. The second-order valence-corrected chi connectivity index (χ2v) is 6.23. The van der Waals surface area contributed by atoms with Crippen molar-refractivity contribution in [2.75, 3.05) is 18.5 Å². The zero-order valence-electron chi connectivity index (χ0n) is 12.8. The number of benzene rings is 1. The van der Waals surface area contributed by atoms with Gasteiger partial charge in [-0.2, -0.15) is 0 Å². The number of hydrogen-bond donors (Lipinski definition) is 1. The first-order valence-corrected chi connectivity index (χ1v) is 8.09. The fourth-order valence-corrected chi connectivity index (χ4v) is 2.88. The van der Waals surface area contributed by atoms with E-state index in [0.717, 1.165) is 41.5 Å². The van der Waals surface area contributed by atoms with Crippen molar-refractivity contribution in [2.45, 2.75) is 33.4 Å². The van der Waals surface area contributed by atoms with Gasteiger partial charge in [0.1, 0.15) is 5.82 Å². The van der Waals surface area contributed by atoms with Crippen LogP contribution < -0.4 is 10.2 Å². The van der Waals surface area contributed by atoms with Crippen LogP contribution in [-0.4, -0.2) is 18.6 Å². The van der Waals surface area contributed by atoms with Gasteiger partial charge in [0.15, 0.2) is 0 Å². The Morgan fingerprint density at radius 1 is 1.38 bits per heavy atom. The van der Waals surface area contributed by atoms with Gasteiger partial charge >= 0.3 is 0 Å². The Hall–Kier alpha value is -1.46. The van der Waals surface area contributed by atoms with Crippen LogP contribution in [-0.2, 0) is 13.1 Å². The highest BCUT2D eigenvalue weighted by molar-refractivity contribution is 7.09. The van der Waals surface area contributed by atoms with Crippen molar-refractivity contribution < 1.29 is 4.39 Å². The molecule has 1 heterocycles. The molecule has 21 heavy (non-hydrogen) atoms. The molecular formula is C16H22FN3S. The first-order chi connectivity index (χ1) is 10.1. The normalized spacial score (nSPS) is 10.9. The molecule has 1 aromatic carbocycles. The van der Waals surface area contributed by atoms with Crippen LogP contribution in [0.5, 0.6) is 0 Å². The maximum atomic E-state index is 13.5. The second kappa shape index (κ2) is 7.52. The quantitative estimate of drug-likeness (QED) is 0.790. The van der Waals surface area contributed by atoms with Crippen molar-refractivity contribution in [3.05, 3.63) is 45.7 Å². The second-order valence-electron chi connectivity index (χ2n) is 5.16. The van der Waals surface area contributed by atoms with Crippen molar-refractivity contribution in [3.63, 3.8) is 0 Å². The molecule has 0 aliphatic rings. The van der Waals surface area contributed by atoms with Crippen LogP contribution in [0.3, 0.4) is 0 Å². The molecule has 0 saturated heterocycles. The van der Waals surface area contributed by atoms with E-state index in [0.29, 0.717) is 6.54 Å². The van der Waals surface area contributed by atoms with Gasteiger partial charge in [-0.1, -0.05) is 6.92 Å². The number of aryl methyl sites for hydroxylation is 1. The van der Waals surface area contributed by atoms with Crippen molar-refractivity contribution in [1.82, 2.24) is 10.3 Å². The molecule has 1 N–H and O–H groups in total. The molecule has 0 saturated carbocycles. The predicted molar refractivity (Wildman–Crippen MR) is 87.4 cm³/mol. The predicted octanol–water partition coefficient (Wildman–Crippen LogP) is 3.73. The summed E-state index contributed by atoms with van der Waals surface area (Å²) >= 11 is 1.65. The highest BCUT2D eigenvalue weighted by atomic mass is 32.1. The molecule has 5 heteroatoms. The monoisotopic (exact) mass is 307 g/mol. The average molecular weight is 307 g/mol. The number of nitrogens with zero attached hydrogens (tertiary/aromatic N) is 2. The van der Waals surface area contributed by atoms with Gasteiger partial charge in [-0.25, -0.2) is 9.37 Å². The fraction of sp³-hybridized carbons (Fsp3) is 0.438. The summed E-state index contributed by atoms with van der Waals surface area (Å²) in [5, 5.41) is 6.48. The molecule has 0 unspecified atom stereocenters. The van der Waals surface area contributed by atoms with E-state index in [1.807, 2.05) is 20.0 Å². The Kier molecular flexibility index (Phi) is 5.70. The summed E-state index contributed by atoms with van der Waals surface area (Å²) in [5.74, 6) is -0.190. The largest absolute Gasteiger partial charge is 0.368 e. The highest BCUT2D eigenvalue weighted by Crippen LogP contribution is 2.23. The lowest BCUT2D eigenvalue weighted by Crippen LogP contribution is -2.21. The number of aromatic nitrogens is 1. The summed E-state index contributed by atoms with van der Waals surface area (Å²) in [6.07, 6.45) is 1.07. The van der Waals surface area contributed by atoms with Crippen molar-refractivity contribution in [2.24, 2.45) is 0 Å². The van der Waals surface area contributed by atoms with Crippen LogP contribution in [0.4, 0.5) is 10.1 Å². The Bertz CT molecular complexity index is 583. The summed E-state index contributed by atoms with van der Waals surface area (Å²) in [5.41, 5.74) is 3.08. The smallest absolute Gasteiger partial charge is 0.123 e. The maximum absolute atomic E-state index is 13.5. The Labute approximate surface area is 129 Å². The minimum atomic E-state index is -0.190. The number of thiazole rings is 1. The molecular weight excluding hydrogens is 285 g/mol. The molecule has 0 bridgehead atoms. The van der Waals surface area contributed by atoms with Crippen LogP contribution in [0.15, 0.2) is 23.6 Å². The van der Waals surface area contributed by atoms with E-state index in [1.165, 1.54) is 6.07 Å². The summed E-state index contributed by atoms with van der Waals surface area (Å²) in [7, 11) is 2.02. The standard InChI is InChI=1S/C16H22FN3S/c1-4-7-18-9-13-8-14(17)5-6-16(13)20(3)10-15-11-21-12(2)19-15/h5-6,8,11,18H,4,7,9-10H2,1-3H3. The molecule has 3 nitrogen and oxygen atoms in total. The van der Waals surface area contributed by atoms with E-state index in [2.05, 4.69) is 27.5 Å². The zero-order chi connectivity index (χ0) is 15.2. The van der Waals surface area contributed by atoms with Crippen LogP contribution in [0, 0.1) is 12.7 Å². The summed E-state index contributed by atoms with van der Waals surface area (Å²) < 4.78 is 13.5. The lowest BCUT2D eigenvalue weighted by Gasteiger charge is -2.22. The Morgan fingerprint density at radius 3 is 2.86 bits per heavy atom. The van der Waals surface area contributed by atoms with E-state index in [-0.39, 0.29) is 5.82 Å². The molecule has 0 aliphatic heterocycles. The van der Waals surface area contributed by atoms with Gasteiger partial charge in [-0.05, 0) is 43.7 Å². The van der Waals surface area contributed by atoms with Crippen LogP contribution in [0.2, 0.25) is 0 Å². The topological polar surface area (TPSA) is 28.2 Å². The number of hydrogen-bond acceptors (Lipinski definition) is 4. The molecule has 0 amide bonds. The summed E-state index contributed by atoms with van der Waals surface area (Å²) in [6, 6.07) is 4.97. The van der Waals surface area contributed by atoms with E-state index in [4.69, 9.17) is 0 Å². The van der Waals surface area contributed by atoms with Crippen LogP contribution in [0.25, 0.3) is 0 Å². The lowest BCUT2D eigenvalue weighted by atomic mass is 10.1. The number of anilines is 1. The van der Waals surface area contributed by atoms with E-state index < -0.39 is 0 Å². The molecule has 114 valence electrons. The molecule has 0 fully saturated rings. The third-order valence-electron chi connectivity index (χ3n) is 3.26. The van der Waals surface area contributed by atoms with Gasteiger partial charge in [-0.3, -0.25) is 0 Å². The molecule has 0 spiro atoms. The van der Waals surface area contributed by atoms with Gasteiger partial charge in [0.2, 0.25) is 0 Å². The van der Waals surface area contributed by atoms with Gasteiger partial charge in [0, 0.05) is 24.7 Å². The van der Waals surface area contributed by atoms with Gasteiger partial charge < -0.3 is 10.2 Å². The molecule has 2 aromatic rings. The van der Waals surface area contributed by atoms with Gasteiger partial charge in [0.05, 0.1) is 17.2 Å². The molecule has 0 atom stereocenters. The third kappa shape index (κ3) is 4.51. The minimum absolute atomic E-state index is 0.190. The first-order valence-electron chi connectivity index (χ1n) is 7.21. The molecule has 1 aromatic heterocycles. The number of rotatable bonds is 7. The van der Waals surface area contributed by atoms with Crippen molar-refractivity contribution >= 4 is 17.0 Å². The molecule has 0 radical (unpaired) electrons. The maximum Gasteiger partial charge on any atom is 0.123 e. The highest BCUT2D eigenvalue weighted by Gasteiger charge is 2.10. The minimum Gasteiger partial charge on any atom is -0.368 e. The van der Waals surface area contributed by atoms with Gasteiger partial charge in [-0.15, -0.1) is 11.3 Å². The van der Waals surface area contributed by atoms with Crippen molar-refractivity contribution in [3.8, 4) is 0 Å². The van der Waals surface area contributed by atoms with Crippen LogP contribution in [0.1, 0.15) is 29.6 Å². The average Bonchev–Trinajstić information content (AvgIpc) is 2.84. The van der Waals surface area contributed by atoms with E-state index in [9.17, 15) is 4.39 Å². The molecule has 2 rings (SSSR count). The Morgan fingerprint density at radius 2 is 2.19 bits per heavy atom. The number of nitrogens with one attached hydrogen (secondary N) is 1. The van der Waals surface area contributed by atoms with Gasteiger partial charge in [0.25, 0.3) is 0 Å². The number of halogens is 1. The SMILES string of the molecule is CCCNCc1cc(F)ccc1N(C)Cc1csc(C)n1. The van der Waals surface area contributed by atoms with Crippen molar-refractivity contribution in [1.29, 1.82) is 0 Å². The summed E-state index contributed by atoms with van der Waals surface area (Å²) in [4.78, 5) is 6.61. The van der Waals surface area contributed by atoms with E-state index >= 15 is 0 Å². The Balaban J connectivity index is 2.12. The fourth-order valence-electron chi connectivity index (χ4n) is 2.28. The lowest BCUT2D eigenvalue weighted by molar-refractivity contribution is 0.618. The van der Waals surface area contributed by atoms with E-state index in [1.54, 1.807) is 17.4 Å². The molecule has 0 aliphatic carbocycles. The summed E-state index contributed by atoms with van der Waals surface area (Å²) in [6.45, 7) is 6.48. The third-order valence-corrected chi connectivity index (χ3v) is 4.08.